The maximum absolute atomic E-state index is 12.5. The van der Waals surface area contributed by atoms with Crippen molar-refractivity contribution in [3.05, 3.63) is 81.5 Å². The molecule has 0 spiro atoms. The minimum absolute atomic E-state index is 0.210. The van der Waals surface area contributed by atoms with Crippen molar-refractivity contribution in [1.82, 2.24) is 10.6 Å². The third-order valence-electron chi connectivity index (χ3n) is 4.49. The summed E-state index contributed by atoms with van der Waals surface area (Å²) < 4.78 is 5.85. The molecule has 7 nitrogen and oxygen atoms in total. The minimum Gasteiger partial charge on any atom is -0.361 e. The second kappa shape index (κ2) is 8.71. The average molecular weight is 453 g/mol. The van der Waals surface area contributed by atoms with Crippen molar-refractivity contribution in [2.75, 3.05) is 5.32 Å². The van der Waals surface area contributed by atoms with E-state index >= 15 is 0 Å². The summed E-state index contributed by atoms with van der Waals surface area (Å²) in [7, 11) is 0. The molecule has 2 aromatic heterocycles. The van der Waals surface area contributed by atoms with Gasteiger partial charge in [0.1, 0.15) is 10.6 Å². The highest BCUT2D eigenvalue weighted by molar-refractivity contribution is 7.21. The summed E-state index contributed by atoms with van der Waals surface area (Å²) >= 11 is 7.67. The van der Waals surface area contributed by atoms with Gasteiger partial charge in [0.15, 0.2) is 5.69 Å². The van der Waals surface area contributed by atoms with Crippen LogP contribution in [-0.4, -0.2) is 22.7 Å². The number of aromatic nitrogens is 1. The highest BCUT2D eigenvalue weighted by Crippen LogP contribution is 2.34. The number of hydrazone groups is 1. The molecule has 4 rings (SSSR count). The number of fused-ring (bicyclic) bond motifs is 1. The molecule has 2 heterocycles. The second-order valence-corrected chi connectivity index (χ2v) is 8.16. The highest BCUT2D eigenvalue weighted by Gasteiger charge is 2.16. The molecule has 0 atom stereocenters. The molecule has 0 saturated heterocycles. The number of carbonyl (C=O) groups is 2. The molecule has 9 heteroatoms. The number of anilines is 1. The third-order valence-corrected chi connectivity index (χ3v) is 6.16. The first-order valence-electron chi connectivity index (χ1n) is 9.29. The quantitative estimate of drug-likeness (QED) is 0.319. The molecule has 0 aliphatic heterocycles. The normalized spacial score (nSPS) is 11.5. The van der Waals surface area contributed by atoms with Crippen LogP contribution in [0.15, 0.2) is 64.2 Å². The fourth-order valence-corrected chi connectivity index (χ4v) is 4.28. The first-order valence-corrected chi connectivity index (χ1v) is 10.5. The summed E-state index contributed by atoms with van der Waals surface area (Å²) in [6.07, 6.45) is 0. The maximum atomic E-state index is 12.5. The molecule has 31 heavy (non-hydrogen) atoms. The van der Waals surface area contributed by atoms with E-state index in [1.807, 2.05) is 24.3 Å². The van der Waals surface area contributed by atoms with Crippen LogP contribution in [0.5, 0.6) is 0 Å². The van der Waals surface area contributed by atoms with Crippen LogP contribution >= 0.6 is 22.9 Å². The Morgan fingerprint density at radius 2 is 1.84 bits per heavy atom. The first-order chi connectivity index (χ1) is 14.9. The third kappa shape index (κ3) is 4.50. The van der Waals surface area contributed by atoms with Gasteiger partial charge in [-0.15, -0.1) is 11.3 Å². The second-order valence-electron chi connectivity index (χ2n) is 6.73. The van der Waals surface area contributed by atoms with E-state index in [1.165, 1.54) is 11.3 Å². The molecule has 0 bridgehead atoms. The minimum atomic E-state index is -0.364. The molecular weight excluding hydrogens is 436 g/mol. The van der Waals surface area contributed by atoms with E-state index in [9.17, 15) is 9.59 Å². The van der Waals surface area contributed by atoms with Gasteiger partial charge in [0, 0.05) is 21.8 Å². The lowest BCUT2D eigenvalue weighted by molar-refractivity contribution is 0.0958. The molecule has 0 unspecified atom stereocenters. The van der Waals surface area contributed by atoms with Crippen molar-refractivity contribution >= 4 is 56.2 Å². The number of hydrogen-bond donors (Lipinski definition) is 2. The van der Waals surface area contributed by atoms with E-state index in [1.54, 1.807) is 44.2 Å². The first kappa shape index (κ1) is 20.8. The zero-order valence-electron chi connectivity index (χ0n) is 16.6. The van der Waals surface area contributed by atoms with Gasteiger partial charge in [-0.3, -0.25) is 9.59 Å². The Hall–Kier alpha value is -3.49. The van der Waals surface area contributed by atoms with Crippen molar-refractivity contribution in [3.63, 3.8) is 0 Å². The molecule has 2 N–H and O–H groups in total. The van der Waals surface area contributed by atoms with Crippen molar-refractivity contribution in [3.8, 4) is 0 Å². The van der Waals surface area contributed by atoms with Crippen LogP contribution in [-0.2, 0) is 0 Å². The van der Waals surface area contributed by atoms with Gasteiger partial charge >= 0.3 is 0 Å². The summed E-state index contributed by atoms with van der Waals surface area (Å²) in [4.78, 5) is 25.1. The molecule has 0 radical (unpaired) electrons. The number of rotatable bonds is 5. The van der Waals surface area contributed by atoms with Gasteiger partial charge in [-0.05, 0) is 37.6 Å². The molecule has 0 aliphatic carbocycles. The molecule has 2 aromatic carbocycles. The number of aryl methyl sites for hydroxylation is 1. The van der Waals surface area contributed by atoms with Gasteiger partial charge in [0.05, 0.1) is 10.7 Å². The van der Waals surface area contributed by atoms with Crippen molar-refractivity contribution in [2.45, 2.75) is 13.8 Å². The van der Waals surface area contributed by atoms with Crippen LogP contribution in [0.1, 0.15) is 38.4 Å². The van der Waals surface area contributed by atoms with Crippen LogP contribution in [0.2, 0.25) is 5.02 Å². The lowest BCUT2D eigenvalue weighted by atomic mass is 10.1. The summed E-state index contributed by atoms with van der Waals surface area (Å²) in [5, 5.41) is 11.9. The molecule has 0 fully saturated rings. The Kier molecular flexibility index (Phi) is 5.83. The topological polar surface area (TPSA) is 96.6 Å². The largest absolute Gasteiger partial charge is 0.361 e. The summed E-state index contributed by atoms with van der Waals surface area (Å²) in [5.74, 6) is -0.161. The number of hydrogen-bond acceptors (Lipinski definition) is 6. The number of nitrogens with zero attached hydrogens (tertiary/aromatic N) is 2. The predicted molar refractivity (Wildman–Crippen MR) is 122 cm³/mol. The zero-order chi connectivity index (χ0) is 22.0. The fraction of sp³-hybridized carbons (Fsp3) is 0.0909. The van der Waals surface area contributed by atoms with Crippen LogP contribution in [0.4, 0.5) is 5.69 Å². The van der Waals surface area contributed by atoms with Crippen LogP contribution in [0.3, 0.4) is 0 Å². The van der Waals surface area contributed by atoms with Crippen molar-refractivity contribution < 1.29 is 14.1 Å². The summed E-state index contributed by atoms with van der Waals surface area (Å²) in [5.41, 5.74) is 4.76. The number of amides is 2. The van der Waals surface area contributed by atoms with E-state index in [4.69, 9.17) is 16.1 Å². The fourth-order valence-electron chi connectivity index (χ4n) is 2.87. The number of thiophene rings is 1. The average Bonchev–Trinajstić information content (AvgIpc) is 3.36. The van der Waals surface area contributed by atoms with Gasteiger partial charge in [0.25, 0.3) is 11.8 Å². The van der Waals surface area contributed by atoms with Gasteiger partial charge in [0.2, 0.25) is 0 Å². The van der Waals surface area contributed by atoms with Gasteiger partial charge in [-0.1, -0.05) is 47.1 Å². The molecule has 0 aliphatic rings. The monoisotopic (exact) mass is 452 g/mol. The predicted octanol–water partition coefficient (Wildman–Crippen LogP) is 5.26. The number of halogens is 1. The SMILES string of the molecule is C/C(=N/NC(=O)c1sc2ccccc2c1Cl)c1ccc(NC(=O)c2cc(C)on2)cc1. The Balaban J connectivity index is 1.42. The van der Waals surface area contributed by atoms with Crippen LogP contribution in [0, 0.1) is 6.92 Å². The maximum Gasteiger partial charge on any atom is 0.283 e. The Bertz CT molecular complexity index is 1310. The van der Waals surface area contributed by atoms with Gasteiger partial charge in [-0.2, -0.15) is 5.10 Å². The van der Waals surface area contributed by atoms with E-state index in [0.29, 0.717) is 27.1 Å². The molecule has 2 amide bonds. The van der Waals surface area contributed by atoms with E-state index in [-0.39, 0.29) is 17.5 Å². The van der Waals surface area contributed by atoms with E-state index in [2.05, 4.69) is 21.0 Å². The van der Waals surface area contributed by atoms with Crippen molar-refractivity contribution in [2.24, 2.45) is 5.10 Å². The number of benzene rings is 2. The number of carbonyl (C=O) groups excluding carboxylic acids is 2. The number of nitrogens with one attached hydrogen (secondary N) is 2. The Morgan fingerprint density at radius 1 is 1.10 bits per heavy atom. The summed E-state index contributed by atoms with van der Waals surface area (Å²) in [6, 6.07) is 16.2. The smallest absolute Gasteiger partial charge is 0.283 e. The van der Waals surface area contributed by atoms with Gasteiger partial charge < -0.3 is 9.84 Å². The van der Waals surface area contributed by atoms with Gasteiger partial charge in [-0.25, -0.2) is 5.43 Å². The zero-order valence-corrected chi connectivity index (χ0v) is 18.2. The lowest BCUT2D eigenvalue weighted by Crippen LogP contribution is -2.18. The van der Waals surface area contributed by atoms with Crippen molar-refractivity contribution in [1.29, 1.82) is 0 Å². The lowest BCUT2D eigenvalue weighted by Gasteiger charge is -2.05. The Labute approximate surface area is 186 Å². The molecule has 156 valence electrons. The summed E-state index contributed by atoms with van der Waals surface area (Å²) in [6.45, 7) is 3.49. The van der Waals surface area contributed by atoms with Crippen LogP contribution < -0.4 is 10.7 Å². The molecule has 4 aromatic rings. The van der Waals surface area contributed by atoms with Crippen LogP contribution in [0.25, 0.3) is 10.1 Å². The molecule has 0 saturated carbocycles. The van der Waals surface area contributed by atoms with E-state index in [0.717, 1.165) is 15.6 Å². The standard InChI is InChI=1S/C22H17ClN4O3S/c1-12-11-17(27-30-12)21(28)24-15-9-7-14(8-10-15)13(2)25-26-22(29)20-19(23)16-5-3-4-6-18(16)31-20/h3-11H,1-2H3,(H,24,28)(H,26,29)/b25-13-. The molecular formula is C22H17ClN4O3S. The van der Waals surface area contributed by atoms with E-state index < -0.39 is 0 Å². The Morgan fingerprint density at radius 3 is 2.52 bits per heavy atom. The highest BCUT2D eigenvalue weighted by atomic mass is 35.5.